The number of rotatable bonds is 8. The molecule has 0 aromatic heterocycles. The van der Waals surface area contributed by atoms with E-state index < -0.39 is 0 Å². The van der Waals surface area contributed by atoms with Crippen molar-refractivity contribution in [1.29, 1.82) is 0 Å². The molecule has 0 bridgehead atoms. The van der Waals surface area contributed by atoms with Crippen LogP contribution in [0.3, 0.4) is 0 Å². The van der Waals surface area contributed by atoms with Crippen molar-refractivity contribution in [3.63, 3.8) is 0 Å². The minimum Gasteiger partial charge on any atom is -0.344 e. The zero-order valence-electron chi connectivity index (χ0n) is 14.1. The van der Waals surface area contributed by atoms with Crippen LogP contribution in [0, 0.1) is 18.3 Å². The average molecular weight is 300 g/mol. The van der Waals surface area contributed by atoms with Gasteiger partial charge in [-0.3, -0.25) is 4.79 Å². The third-order valence-corrected chi connectivity index (χ3v) is 4.01. The van der Waals surface area contributed by atoms with E-state index in [4.69, 9.17) is 6.42 Å². The molecule has 2 atom stereocenters. The zero-order chi connectivity index (χ0) is 16.5. The predicted molar refractivity (Wildman–Crippen MR) is 92.6 cm³/mol. The molecule has 0 aliphatic carbocycles. The van der Waals surface area contributed by atoms with Gasteiger partial charge in [0, 0.05) is 6.04 Å². The summed E-state index contributed by atoms with van der Waals surface area (Å²) in [6, 6.07) is 8.87. The Morgan fingerprint density at radius 3 is 2.27 bits per heavy atom. The molecule has 0 aliphatic heterocycles. The van der Waals surface area contributed by atoms with Gasteiger partial charge in [-0.05, 0) is 29.4 Å². The first-order valence-corrected chi connectivity index (χ1v) is 8.03. The second-order valence-corrected chi connectivity index (χ2v) is 6.06. The van der Waals surface area contributed by atoms with E-state index in [1.54, 1.807) is 0 Å². The fourth-order valence-corrected chi connectivity index (χ4v) is 2.42. The van der Waals surface area contributed by atoms with Crippen molar-refractivity contribution in [2.45, 2.75) is 46.1 Å². The number of carbonyl (C=O) groups is 1. The van der Waals surface area contributed by atoms with Crippen LogP contribution in [0.1, 0.15) is 57.2 Å². The van der Waals surface area contributed by atoms with Gasteiger partial charge in [0.1, 0.15) is 0 Å². The molecule has 0 aliphatic rings. The summed E-state index contributed by atoms with van der Waals surface area (Å²) in [6.07, 6.45) is 6.28. The molecule has 3 nitrogen and oxygen atoms in total. The summed E-state index contributed by atoms with van der Waals surface area (Å²) < 4.78 is 0. The van der Waals surface area contributed by atoms with Crippen LogP contribution in [0.5, 0.6) is 0 Å². The second-order valence-electron chi connectivity index (χ2n) is 6.06. The van der Waals surface area contributed by atoms with Crippen molar-refractivity contribution >= 4 is 5.91 Å². The lowest BCUT2D eigenvalue weighted by molar-refractivity contribution is -0.120. The van der Waals surface area contributed by atoms with Crippen LogP contribution in [0.4, 0.5) is 0 Å². The summed E-state index contributed by atoms with van der Waals surface area (Å²) in [5, 5.41) is 6.00. The molecule has 0 unspecified atom stereocenters. The monoisotopic (exact) mass is 300 g/mol. The highest BCUT2D eigenvalue weighted by Crippen LogP contribution is 2.25. The highest BCUT2D eigenvalue weighted by atomic mass is 16.1. The Balaban J connectivity index is 2.71. The van der Waals surface area contributed by atoms with Gasteiger partial charge in [0.2, 0.25) is 5.91 Å². The molecule has 1 amide bonds. The number of carbonyl (C=O) groups excluding carboxylic acids is 1. The lowest BCUT2D eigenvalue weighted by Crippen LogP contribution is -2.37. The van der Waals surface area contributed by atoms with E-state index in [0.29, 0.717) is 11.8 Å². The van der Waals surface area contributed by atoms with Gasteiger partial charge < -0.3 is 10.6 Å². The average Bonchev–Trinajstić information content (AvgIpc) is 2.52. The lowest BCUT2D eigenvalue weighted by atomic mass is 9.92. The predicted octanol–water partition coefficient (Wildman–Crippen LogP) is 3.24. The Morgan fingerprint density at radius 1 is 1.18 bits per heavy atom. The smallest absolute Gasteiger partial charge is 0.234 e. The molecule has 1 aromatic carbocycles. The largest absolute Gasteiger partial charge is 0.344 e. The van der Waals surface area contributed by atoms with Crippen LogP contribution in [-0.4, -0.2) is 19.0 Å². The van der Waals surface area contributed by atoms with Crippen LogP contribution >= 0.6 is 0 Å². The molecule has 1 rings (SSSR count). The Bertz CT molecular complexity index is 499. The summed E-state index contributed by atoms with van der Waals surface area (Å²) in [4.78, 5) is 11.7. The summed E-state index contributed by atoms with van der Waals surface area (Å²) in [5.41, 5.74) is 2.58. The highest BCUT2D eigenvalue weighted by molar-refractivity contribution is 5.78. The van der Waals surface area contributed by atoms with Crippen molar-refractivity contribution in [2.24, 2.45) is 5.92 Å². The topological polar surface area (TPSA) is 41.1 Å². The van der Waals surface area contributed by atoms with E-state index in [1.807, 2.05) is 0 Å². The van der Waals surface area contributed by atoms with Crippen molar-refractivity contribution in [1.82, 2.24) is 10.6 Å². The minimum absolute atomic E-state index is 0.0696. The zero-order valence-corrected chi connectivity index (χ0v) is 14.1. The van der Waals surface area contributed by atoms with Gasteiger partial charge in [0.15, 0.2) is 0 Å². The molecule has 120 valence electrons. The van der Waals surface area contributed by atoms with E-state index in [-0.39, 0.29) is 25.0 Å². The van der Waals surface area contributed by atoms with Gasteiger partial charge >= 0.3 is 0 Å². The standard InChI is InChI=1S/C19H28N2O/c1-6-12-20-18(22)13-21-19(14(3)4)17-10-8-16(9-11-17)15(5)7-2/h1,8-11,14-15,19,21H,7,12-13H2,2-5H3,(H,20,22)/t15-,19+/m0/s1. The molecule has 3 heteroatoms. The molecular formula is C19H28N2O. The van der Waals surface area contributed by atoms with E-state index in [0.717, 1.165) is 6.42 Å². The third-order valence-electron chi connectivity index (χ3n) is 4.01. The first-order chi connectivity index (χ1) is 10.5. The summed E-state index contributed by atoms with van der Waals surface area (Å²) >= 11 is 0. The Hall–Kier alpha value is -1.79. The molecule has 0 saturated heterocycles. The molecule has 22 heavy (non-hydrogen) atoms. The number of terminal acetylenes is 1. The van der Waals surface area contributed by atoms with E-state index in [1.165, 1.54) is 11.1 Å². The number of amides is 1. The van der Waals surface area contributed by atoms with Gasteiger partial charge in [0.25, 0.3) is 0 Å². The number of hydrogen-bond acceptors (Lipinski definition) is 2. The summed E-state index contributed by atoms with van der Waals surface area (Å²) in [5.74, 6) is 3.31. The fraction of sp³-hybridized carbons (Fsp3) is 0.526. The molecule has 0 spiro atoms. The van der Waals surface area contributed by atoms with Gasteiger partial charge in [-0.25, -0.2) is 0 Å². The van der Waals surface area contributed by atoms with E-state index in [9.17, 15) is 4.79 Å². The van der Waals surface area contributed by atoms with Gasteiger partial charge in [-0.2, -0.15) is 0 Å². The van der Waals surface area contributed by atoms with Crippen LogP contribution in [0.15, 0.2) is 24.3 Å². The molecule has 0 fully saturated rings. The van der Waals surface area contributed by atoms with E-state index in [2.05, 4.69) is 68.5 Å². The van der Waals surface area contributed by atoms with Gasteiger partial charge in [-0.15, -0.1) is 6.42 Å². The minimum atomic E-state index is -0.0696. The maximum Gasteiger partial charge on any atom is 0.234 e. The normalized spacial score (nSPS) is 13.5. The van der Waals surface area contributed by atoms with Crippen molar-refractivity contribution in [2.75, 3.05) is 13.1 Å². The molecule has 2 N–H and O–H groups in total. The third kappa shape index (κ3) is 5.54. The van der Waals surface area contributed by atoms with Crippen molar-refractivity contribution in [3.8, 4) is 12.3 Å². The SMILES string of the molecule is C#CCNC(=O)CN[C@@H](c1ccc([C@@H](C)CC)cc1)C(C)C. The molecular weight excluding hydrogens is 272 g/mol. The summed E-state index contributed by atoms with van der Waals surface area (Å²) in [6.45, 7) is 9.29. The van der Waals surface area contributed by atoms with Crippen molar-refractivity contribution < 1.29 is 4.79 Å². The van der Waals surface area contributed by atoms with Gasteiger partial charge in [0.05, 0.1) is 13.1 Å². The summed E-state index contributed by atoms with van der Waals surface area (Å²) in [7, 11) is 0. The number of nitrogens with one attached hydrogen (secondary N) is 2. The first kappa shape index (κ1) is 18.3. The van der Waals surface area contributed by atoms with Crippen LogP contribution in [0.25, 0.3) is 0 Å². The Labute approximate surface area is 134 Å². The highest BCUT2D eigenvalue weighted by Gasteiger charge is 2.16. The Morgan fingerprint density at radius 2 is 1.77 bits per heavy atom. The molecule has 0 saturated carbocycles. The van der Waals surface area contributed by atoms with Crippen LogP contribution < -0.4 is 10.6 Å². The maximum absolute atomic E-state index is 11.7. The molecule has 0 radical (unpaired) electrons. The van der Waals surface area contributed by atoms with E-state index >= 15 is 0 Å². The fourth-order valence-electron chi connectivity index (χ4n) is 2.42. The quantitative estimate of drug-likeness (QED) is 0.724. The molecule has 1 aromatic rings. The van der Waals surface area contributed by atoms with Crippen molar-refractivity contribution in [3.05, 3.63) is 35.4 Å². The van der Waals surface area contributed by atoms with Crippen LogP contribution in [0.2, 0.25) is 0 Å². The number of benzene rings is 1. The maximum atomic E-state index is 11.7. The first-order valence-electron chi connectivity index (χ1n) is 8.03. The molecule has 0 heterocycles. The number of hydrogen-bond donors (Lipinski definition) is 2. The van der Waals surface area contributed by atoms with Crippen LogP contribution in [-0.2, 0) is 4.79 Å². The Kier molecular flexibility index (Phi) is 7.70. The lowest BCUT2D eigenvalue weighted by Gasteiger charge is -2.23. The second kappa shape index (κ2) is 9.27. The van der Waals surface area contributed by atoms with Gasteiger partial charge in [-0.1, -0.05) is 57.9 Å².